The second-order valence-corrected chi connectivity index (χ2v) is 3.05. The number of nitrogens with zero attached hydrogens (tertiary/aromatic N) is 1. The summed E-state index contributed by atoms with van der Waals surface area (Å²) in [4.78, 5) is 10.3. The van der Waals surface area contributed by atoms with Gasteiger partial charge in [-0.15, -0.1) is 0 Å². The minimum atomic E-state index is -1.91. The first-order chi connectivity index (χ1) is 6.49. The van der Waals surface area contributed by atoms with E-state index in [0.29, 0.717) is 6.07 Å². The van der Waals surface area contributed by atoms with Gasteiger partial charge in [0.1, 0.15) is 11.9 Å². The van der Waals surface area contributed by atoms with Gasteiger partial charge in [-0.05, 0) is 6.07 Å². The van der Waals surface area contributed by atoms with Crippen LogP contribution in [0, 0.1) is 17.1 Å². The van der Waals surface area contributed by atoms with Gasteiger partial charge in [-0.25, -0.2) is 4.39 Å². The van der Waals surface area contributed by atoms with E-state index < -0.39 is 33.0 Å². The maximum Gasteiger partial charge on any atom is 0.333 e. The third kappa shape index (κ3) is 1.69. The average Bonchev–Trinajstić information content (AvgIpc) is 2.12. The van der Waals surface area contributed by atoms with Gasteiger partial charge in [-0.2, -0.15) is 9.65 Å². The Balaban J connectivity index is 3.61. The molecule has 0 aliphatic heterocycles. The molecule has 6 heteroatoms. The summed E-state index contributed by atoms with van der Waals surface area (Å²) in [7, 11) is 0. The van der Waals surface area contributed by atoms with Gasteiger partial charge >= 0.3 is 6.04 Å². The van der Waals surface area contributed by atoms with Crippen LogP contribution in [0.5, 0.6) is 0 Å². The number of carbonyl (C=O) groups excluding carboxylic acids is 1. The highest BCUT2D eigenvalue weighted by atomic mass is 35.5. The summed E-state index contributed by atoms with van der Waals surface area (Å²) >= 11 is 10.8. The van der Waals surface area contributed by atoms with Crippen molar-refractivity contribution in [1.29, 1.82) is 5.26 Å². The van der Waals surface area contributed by atoms with Crippen LogP contribution in [0.3, 0.4) is 0 Å². The molecule has 0 N–H and O–H groups in total. The van der Waals surface area contributed by atoms with E-state index in [4.69, 9.17) is 28.5 Å². The zero-order valence-electron chi connectivity index (χ0n) is 6.44. The molecule has 0 saturated heterocycles. The number of benzene rings is 1. The largest absolute Gasteiger partial charge is 0.333 e. The van der Waals surface area contributed by atoms with Crippen molar-refractivity contribution in [3.8, 4) is 6.07 Å². The number of carbonyl (C=O) groups is 1. The molecule has 0 aliphatic rings. The Labute approximate surface area is 87.7 Å². The molecule has 0 fully saturated rings. The first-order valence-corrected chi connectivity index (χ1v) is 4.02. The fraction of sp³-hybridized carbons (Fsp3) is 0. The first-order valence-electron chi connectivity index (χ1n) is 3.26. The molecule has 72 valence electrons. The molecule has 0 atom stereocenters. The van der Waals surface area contributed by atoms with E-state index in [9.17, 15) is 13.6 Å². The predicted molar refractivity (Wildman–Crippen MR) is 46.6 cm³/mol. The Morgan fingerprint density at radius 1 is 1.43 bits per heavy atom. The summed E-state index contributed by atoms with van der Waals surface area (Å²) in [6.45, 7) is 0. The number of hydrogen-bond donors (Lipinski definition) is 0. The second kappa shape index (κ2) is 3.91. The van der Waals surface area contributed by atoms with Crippen molar-refractivity contribution in [3.05, 3.63) is 33.1 Å². The van der Waals surface area contributed by atoms with Gasteiger partial charge in [-0.3, -0.25) is 4.79 Å². The van der Waals surface area contributed by atoms with E-state index in [-0.39, 0.29) is 0 Å². The Morgan fingerprint density at radius 3 is 2.43 bits per heavy atom. The Kier molecular flexibility index (Phi) is 3.04. The van der Waals surface area contributed by atoms with Crippen molar-refractivity contribution in [3.63, 3.8) is 0 Å². The summed E-state index contributed by atoms with van der Waals surface area (Å²) in [5.41, 5.74) is -1.15. The number of hydrogen-bond acceptors (Lipinski definition) is 2. The van der Waals surface area contributed by atoms with E-state index in [1.165, 1.54) is 6.07 Å². The van der Waals surface area contributed by atoms with Gasteiger partial charge in [0.05, 0.1) is 21.2 Å². The molecular formula is C8HCl2F2NO. The number of rotatable bonds is 1. The van der Waals surface area contributed by atoms with Gasteiger partial charge in [0, 0.05) is 0 Å². The molecule has 14 heavy (non-hydrogen) atoms. The molecule has 1 rings (SSSR count). The summed E-state index contributed by atoms with van der Waals surface area (Å²) < 4.78 is 25.2. The zero-order chi connectivity index (χ0) is 10.9. The van der Waals surface area contributed by atoms with Crippen LogP contribution >= 0.6 is 23.2 Å². The van der Waals surface area contributed by atoms with Crippen LogP contribution in [-0.4, -0.2) is 6.04 Å². The van der Waals surface area contributed by atoms with Crippen LogP contribution < -0.4 is 0 Å². The lowest BCUT2D eigenvalue weighted by Gasteiger charge is -2.03. The van der Waals surface area contributed by atoms with Crippen molar-refractivity contribution < 1.29 is 13.6 Å². The molecule has 0 saturated carbocycles. The van der Waals surface area contributed by atoms with E-state index in [2.05, 4.69) is 0 Å². The predicted octanol–water partition coefficient (Wildman–Crippen LogP) is 3.11. The van der Waals surface area contributed by atoms with E-state index in [1.54, 1.807) is 0 Å². The molecule has 1 aromatic carbocycles. The lowest BCUT2D eigenvalue weighted by molar-refractivity contribution is 0.0835. The quantitative estimate of drug-likeness (QED) is 0.555. The molecule has 0 spiro atoms. The van der Waals surface area contributed by atoms with E-state index in [1.807, 2.05) is 0 Å². The fourth-order valence-electron chi connectivity index (χ4n) is 0.845. The lowest BCUT2D eigenvalue weighted by Crippen LogP contribution is -1.97. The van der Waals surface area contributed by atoms with E-state index in [0.717, 1.165) is 0 Å². The van der Waals surface area contributed by atoms with Crippen molar-refractivity contribution >= 4 is 29.2 Å². The molecule has 0 heterocycles. The highest BCUT2D eigenvalue weighted by molar-refractivity contribution is 6.38. The minimum Gasteiger partial charge on any atom is -0.255 e. The molecule has 0 bridgehead atoms. The van der Waals surface area contributed by atoms with Crippen molar-refractivity contribution in [2.45, 2.75) is 0 Å². The minimum absolute atomic E-state index is 0.450. The molecule has 2 nitrogen and oxygen atoms in total. The fourth-order valence-corrected chi connectivity index (χ4v) is 1.35. The zero-order valence-corrected chi connectivity index (χ0v) is 7.96. The number of nitriles is 1. The molecule has 0 radical (unpaired) electrons. The maximum absolute atomic E-state index is 12.9. The standard InChI is InChI=1S/C8HCl2F2NO/c9-6-3(8(12)14)1-5(11)7(10)4(6)2-13/h1H. The molecule has 0 aliphatic carbocycles. The van der Waals surface area contributed by atoms with Crippen LogP contribution in [0.15, 0.2) is 6.07 Å². The van der Waals surface area contributed by atoms with Crippen LogP contribution in [0.4, 0.5) is 8.78 Å². The highest BCUT2D eigenvalue weighted by Gasteiger charge is 2.19. The smallest absolute Gasteiger partial charge is 0.255 e. The van der Waals surface area contributed by atoms with Crippen LogP contribution in [0.25, 0.3) is 0 Å². The second-order valence-electron chi connectivity index (χ2n) is 2.29. The average molecular weight is 236 g/mol. The van der Waals surface area contributed by atoms with Crippen molar-refractivity contribution in [1.82, 2.24) is 0 Å². The van der Waals surface area contributed by atoms with Crippen molar-refractivity contribution in [2.75, 3.05) is 0 Å². The topological polar surface area (TPSA) is 40.9 Å². The normalized spacial score (nSPS) is 9.64. The van der Waals surface area contributed by atoms with Crippen molar-refractivity contribution in [2.24, 2.45) is 0 Å². The van der Waals surface area contributed by atoms with Gasteiger partial charge in [0.2, 0.25) is 0 Å². The number of halogens is 4. The van der Waals surface area contributed by atoms with Crippen LogP contribution in [0.2, 0.25) is 10.0 Å². The monoisotopic (exact) mass is 235 g/mol. The molecule has 0 amide bonds. The Morgan fingerprint density at radius 2 is 2.00 bits per heavy atom. The molecule has 1 aromatic rings. The summed E-state index contributed by atoms with van der Waals surface area (Å²) in [6, 6.07) is 0.112. The molecule has 0 aromatic heterocycles. The van der Waals surface area contributed by atoms with Gasteiger partial charge < -0.3 is 0 Å². The molecule has 0 unspecified atom stereocenters. The SMILES string of the molecule is N#Cc1c(Cl)c(F)cc(C(=O)F)c1Cl. The van der Waals surface area contributed by atoms with Crippen LogP contribution in [-0.2, 0) is 0 Å². The first kappa shape index (κ1) is 10.9. The third-order valence-electron chi connectivity index (χ3n) is 1.48. The van der Waals surface area contributed by atoms with E-state index >= 15 is 0 Å². The van der Waals surface area contributed by atoms with Gasteiger partial charge in [0.15, 0.2) is 0 Å². The maximum atomic E-state index is 12.9. The summed E-state index contributed by atoms with van der Waals surface area (Å²) in [5.74, 6) is -1.06. The van der Waals surface area contributed by atoms with Gasteiger partial charge in [0.25, 0.3) is 0 Å². The summed E-state index contributed by atoms with van der Waals surface area (Å²) in [5, 5.41) is 7.50. The Hall–Kier alpha value is -1.18. The highest BCUT2D eigenvalue weighted by Crippen LogP contribution is 2.30. The van der Waals surface area contributed by atoms with Crippen LogP contribution in [0.1, 0.15) is 15.9 Å². The lowest BCUT2D eigenvalue weighted by atomic mass is 10.1. The molecular weight excluding hydrogens is 235 g/mol. The summed E-state index contributed by atoms with van der Waals surface area (Å²) in [6.07, 6.45) is 0. The third-order valence-corrected chi connectivity index (χ3v) is 2.24. The Bertz CT molecular complexity index is 454. The van der Waals surface area contributed by atoms with Gasteiger partial charge in [-0.1, -0.05) is 23.2 Å².